The van der Waals surface area contributed by atoms with Gasteiger partial charge in [-0.2, -0.15) is 0 Å². The van der Waals surface area contributed by atoms with Crippen LogP contribution >= 0.6 is 15.9 Å². The van der Waals surface area contributed by atoms with E-state index in [0.717, 1.165) is 52.8 Å². The minimum absolute atomic E-state index is 0.166. The summed E-state index contributed by atoms with van der Waals surface area (Å²) in [5.74, 6) is 0.873. The van der Waals surface area contributed by atoms with Crippen LogP contribution in [0.4, 0.5) is 0 Å². The Hall–Kier alpha value is -1.69. The molecule has 1 N–H and O–H groups in total. The van der Waals surface area contributed by atoms with Gasteiger partial charge in [-0.05, 0) is 43.7 Å². The van der Waals surface area contributed by atoms with Gasteiger partial charge < -0.3 is 14.6 Å². The first-order valence-electron chi connectivity index (χ1n) is 8.73. The van der Waals surface area contributed by atoms with Crippen molar-refractivity contribution in [2.24, 2.45) is 0 Å². The fraction of sp³-hybridized carbons (Fsp3) is 0.350. The van der Waals surface area contributed by atoms with E-state index in [1.54, 1.807) is 0 Å². The summed E-state index contributed by atoms with van der Waals surface area (Å²) < 4.78 is 7.57. The third kappa shape index (κ3) is 3.78. The number of piperidine rings is 1. The molecule has 1 aliphatic rings. The normalized spacial score (nSPS) is 17.8. The van der Waals surface area contributed by atoms with E-state index in [0.29, 0.717) is 0 Å². The maximum absolute atomic E-state index is 6.54. The molecule has 0 bridgehead atoms. The van der Waals surface area contributed by atoms with E-state index in [1.165, 1.54) is 0 Å². The molecule has 25 heavy (non-hydrogen) atoms. The standard InChI is InChI=1S/C20H22BrN3O/c1-24-11-9-16(10-12-24)25-19(14-5-3-2-4-6-14)20-22-17-8-7-15(21)13-18(17)23-20/h2-8,13,16,19H,9-12H2,1H3,(H,22,23). The van der Waals surface area contributed by atoms with Crippen molar-refractivity contribution in [3.63, 3.8) is 0 Å². The van der Waals surface area contributed by atoms with E-state index in [2.05, 4.69) is 57.1 Å². The average molecular weight is 400 g/mol. The van der Waals surface area contributed by atoms with Crippen molar-refractivity contribution in [1.82, 2.24) is 14.9 Å². The van der Waals surface area contributed by atoms with Gasteiger partial charge in [-0.15, -0.1) is 0 Å². The van der Waals surface area contributed by atoms with Gasteiger partial charge in [0, 0.05) is 17.6 Å². The van der Waals surface area contributed by atoms with Gasteiger partial charge in [0.25, 0.3) is 0 Å². The summed E-state index contributed by atoms with van der Waals surface area (Å²) in [6.45, 7) is 2.17. The van der Waals surface area contributed by atoms with Crippen LogP contribution in [0.1, 0.15) is 30.3 Å². The zero-order chi connectivity index (χ0) is 17.2. The Labute approximate surface area is 156 Å². The van der Waals surface area contributed by atoms with E-state index in [4.69, 9.17) is 9.72 Å². The molecular formula is C20H22BrN3O. The fourth-order valence-electron chi connectivity index (χ4n) is 3.37. The van der Waals surface area contributed by atoms with Gasteiger partial charge in [0.2, 0.25) is 0 Å². The third-order valence-corrected chi connectivity index (χ3v) is 5.30. The molecule has 0 amide bonds. The number of H-pyrrole nitrogens is 1. The largest absolute Gasteiger partial charge is 0.362 e. The van der Waals surface area contributed by atoms with Gasteiger partial charge in [0.05, 0.1) is 17.1 Å². The number of imidazole rings is 1. The fourth-order valence-corrected chi connectivity index (χ4v) is 3.71. The number of benzene rings is 2. The molecule has 130 valence electrons. The Morgan fingerprint density at radius 1 is 1.16 bits per heavy atom. The van der Waals surface area contributed by atoms with E-state index in [-0.39, 0.29) is 12.2 Å². The second-order valence-electron chi connectivity index (χ2n) is 6.71. The Kier molecular flexibility index (Phi) is 4.88. The van der Waals surface area contributed by atoms with Crippen LogP contribution in [-0.4, -0.2) is 41.1 Å². The number of halogens is 1. The maximum Gasteiger partial charge on any atom is 0.141 e. The highest BCUT2D eigenvalue weighted by molar-refractivity contribution is 9.10. The maximum atomic E-state index is 6.54. The molecule has 1 unspecified atom stereocenters. The molecule has 3 aromatic rings. The minimum atomic E-state index is -0.166. The predicted molar refractivity (Wildman–Crippen MR) is 104 cm³/mol. The second kappa shape index (κ2) is 7.28. The van der Waals surface area contributed by atoms with Crippen LogP contribution in [0, 0.1) is 0 Å². The highest BCUT2D eigenvalue weighted by Crippen LogP contribution is 2.30. The highest BCUT2D eigenvalue weighted by Gasteiger charge is 2.25. The first-order chi connectivity index (χ1) is 12.2. The third-order valence-electron chi connectivity index (χ3n) is 4.81. The number of aromatic amines is 1. The van der Waals surface area contributed by atoms with Crippen molar-refractivity contribution in [2.75, 3.05) is 20.1 Å². The number of hydrogen-bond acceptors (Lipinski definition) is 3. The summed E-state index contributed by atoms with van der Waals surface area (Å²) in [5, 5.41) is 0. The Morgan fingerprint density at radius 3 is 2.68 bits per heavy atom. The number of nitrogens with zero attached hydrogens (tertiary/aromatic N) is 2. The first kappa shape index (κ1) is 16.8. The van der Waals surface area contributed by atoms with Crippen molar-refractivity contribution in [2.45, 2.75) is 25.0 Å². The predicted octanol–water partition coefficient (Wildman–Crippen LogP) is 4.53. The van der Waals surface area contributed by atoms with Crippen molar-refractivity contribution in [1.29, 1.82) is 0 Å². The molecule has 0 saturated carbocycles. The van der Waals surface area contributed by atoms with Gasteiger partial charge in [-0.25, -0.2) is 4.98 Å². The van der Waals surface area contributed by atoms with Crippen molar-refractivity contribution in [3.8, 4) is 0 Å². The molecule has 4 nitrogen and oxygen atoms in total. The summed E-state index contributed by atoms with van der Waals surface area (Å²) in [7, 11) is 2.17. The number of fused-ring (bicyclic) bond motifs is 1. The first-order valence-corrected chi connectivity index (χ1v) is 9.52. The summed E-state index contributed by atoms with van der Waals surface area (Å²) in [6, 6.07) is 16.5. The van der Waals surface area contributed by atoms with Gasteiger partial charge >= 0.3 is 0 Å². The highest BCUT2D eigenvalue weighted by atomic mass is 79.9. The average Bonchev–Trinajstić information content (AvgIpc) is 3.04. The molecular weight excluding hydrogens is 378 g/mol. The number of hydrogen-bond donors (Lipinski definition) is 1. The number of rotatable bonds is 4. The van der Waals surface area contributed by atoms with Crippen molar-refractivity contribution in [3.05, 3.63) is 64.4 Å². The number of nitrogens with one attached hydrogen (secondary N) is 1. The van der Waals surface area contributed by atoms with Crippen LogP contribution in [0.15, 0.2) is 53.0 Å². The van der Waals surface area contributed by atoms with Crippen LogP contribution in [-0.2, 0) is 4.74 Å². The molecule has 1 fully saturated rings. The molecule has 1 saturated heterocycles. The molecule has 0 aliphatic carbocycles. The van der Waals surface area contributed by atoms with Crippen LogP contribution in [0.3, 0.4) is 0 Å². The zero-order valence-electron chi connectivity index (χ0n) is 14.3. The van der Waals surface area contributed by atoms with Gasteiger partial charge in [-0.3, -0.25) is 0 Å². The lowest BCUT2D eigenvalue weighted by atomic mass is 10.1. The molecule has 0 spiro atoms. The van der Waals surface area contributed by atoms with E-state index >= 15 is 0 Å². The zero-order valence-corrected chi connectivity index (χ0v) is 15.9. The van der Waals surface area contributed by atoms with Gasteiger partial charge in [0.1, 0.15) is 11.9 Å². The monoisotopic (exact) mass is 399 g/mol. The molecule has 4 rings (SSSR count). The minimum Gasteiger partial charge on any atom is -0.362 e. The smallest absolute Gasteiger partial charge is 0.141 e. The van der Waals surface area contributed by atoms with Crippen molar-refractivity contribution >= 4 is 27.0 Å². The van der Waals surface area contributed by atoms with E-state index in [9.17, 15) is 0 Å². The Morgan fingerprint density at radius 2 is 1.92 bits per heavy atom. The molecule has 1 aliphatic heterocycles. The van der Waals surface area contributed by atoms with Gasteiger partial charge in [0.15, 0.2) is 0 Å². The molecule has 1 aromatic heterocycles. The van der Waals surface area contributed by atoms with E-state index < -0.39 is 0 Å². The van der Waals surface area contributed by atoms with Crippen molar-refractivity contribution < 1.29 is 4.74 Å². The Balaban J connectivity index is 1.66. The number of likely N-dealkylation sites (tertiary alicyclic amines) is 1. The molecule has 5 heteroatoms. The topological polar surface area (TPSA) is 41.1 Å². The van der Waals surface area contributed by atoms with Crippen LogP contribution in [0.25, 0.3) is 11.0 Å². The molecule has 2 heterocycles. The summed E-state index contributed by atoms with van der Waals surface area (Å²) in [5.41, 5.74) is 3.13. The quantitative estimate of drug-likeness (QED) is 0.700. The lowest BCUT2D eigenvalue weighted by Gasteiger charge is -2.31. The SMILES string of the molecule is CN1CCC(OC(c2ccccc2)c2nc3cc(Br)ccc3[nH]2)CC1. The lowest BCUT2D eigenvalue weighted by Crippen LogP contribution is -2.35. The number of aromatic nitrogens is 2. The Bertz CT molecular complexity index is 841. The summed E-state index contributed by atoms with van der Waals surface area (Å²) >= 11 is 3.52. The van der Waals surface area contributed by atoms with Crippen LogP contribution in [0.5, 0.6) is 0 Å². The summed E-state index contributed by atoms with van der Waals surface area (Å²) in [6.07, 6.45) is 2.22. The van der Waals surface area contributed by atoms with Gasteiger partial charge in [-0.1, -0.05) is 46.3 Å². The van der Waals surface area contributed by atoms with Crippen LogP contribution < -0.4 is 0 Å². The lowest BCUT2D eigenvalue weighted by molar-refractivity contribution is -0.0264. The molecule has 2 aromatic carbocycles. The second-order valence-corrected chi connectivity index (χ2v) is 7.63. The van der Waals surface area contributed by atoms with Crippen LogP contribution in [0.2, 0.25) is 0 Å². The summed E-state index contributed by atoms with van der Waals surface area (Å²) in [4.78, 5) is 10.6. The molecule has 0 radical (unpaired) electrons. The number of ether oxygens (including phenoxy) is 1. The van der Waals surface area contributed by atoms with E-state index in [1.807, 2.05) is 24.3 Å². The molecule has 1 atom stereocenters.